The summed E-state index contributed by atoms with van der Waals surface area (Å²) in [7, 11) is 0. The van der Waals surface area contributed by atoms with Gasteiger partial charge in [-0.3, -0.25) is 9.59 Å². The topological polar surface area (TPSA) is 66.8 Å². The van der Waals surface area contributed by atoms with E-state index in [2.05, 4.69) is 0 Å². The molecule has 1 aromatic carbocycles. The summed E-state index contributed by atoms with van der Waals surface area (Å²) in [5.74, 6) is -1.82. The lowest BCUT2D eigenvalue weighted by molar-refractivity contribution is -0.148. The van der Waals surface area contributed by atoms with Gasteiger partial charge in [-0.2, -0.15) is 0 Å². The average Bonchev–Trinajstić information content (AvgIpc) is 2.54. The minimum Gasteiger partial charge on any atom is -0.481 e. The van der Waals surface area contributed by atoms with Crippen LogP contribution in [0.25, 0.3) is 0 Å². The van der Waals surface area contributed by atoms with E-state index in [-0.39, 0.29) is 5.91 Å². The Balaban J connectivity index is 1.72. The number of carboxylic acid groups (broad SMARTS) is 1. The summed E-state index contributed by atoms with van der Waals surface area (Å²) < 4.78 is 5.40. The van der Waals surface area contributed by atoms with E-state index in [1.165, 1.54) is 0 Å². The molecule has 1 heterocycles. The number of ether oxygens (including phenoxy) is 1. The van der Waals surface area contributed by atoms with Crippen LogP contribution in [0.2, 0.25) is 0 Å². The van der Waals surface area contributed by atoms with Gasteiger partial charge in [0.05, 0.1) is 11.8 Å². The number of carbonyl (C=O) groups is 2. The molecule has 1 amide bonds. The zero-order chi connectivity index (χ0) is 16.9. The number of carbonyl (C=O) groups excluding carboxylic acids is 1. The van der Waals surface area contributed by atoms with Gasteiger partial charge in [-0.05, 0) is 24.3 Å². The Kier molecular flexibility index (Phi) is 5.30. The third kappa shape index (κ3) is 3.85. The molecule has 0 radical (unpaired) electrons. The minimum absolute atomic E-state index is 0.0831. The van der Waals surface area contributed by atoms with Gasteiger partial charge in [-0.25, -0.2) is 0 Å². The monoisotopic (exact) mass is 329 g/mol. The molecule has 1 saturated heterocycles. The molecule has 2 aliphatic rings. The molecule has 1 N–H and O–H groups in total. The molecule has 0 saturated carbocycles. The maximum atomic E-state index is 12.9. The van der Waals surface area contributed by atoms with E-state index >= 15 is 0 Å². The van der Waals surface area contributed by atoms with Crippen LogP contribution < -0.4 is 0 Å². The number of rotatable bonds is 6. The molecular weight excluding hydrogens is 306 g/mol. The van der Waals surface area contributed by atoms with Gasteiger partial charge in [-0.1, -0.05) is 42.5 Å². The molecule has 128 valence electrons. The highest BCUT2D eigenvalue weighted by atomic mass is 16.5. The van der Waals surface area contributed by atoms with E-state index in [9.17, 15) is 14.7 Å². The Morgan fingerprint density at radius 1 is 1.08 bits per heavy atom. The van der Waals surface area contributed by atoms with Gasteiger partial charge in [0.1, 0.15) is 0 Å². The fourth-order valence-electron chi connectivity index (χ4n) is 3.29. The lowest BCUT2D eigenvalue weighted by atomic mass is 9.81. The Hall–Kier alpha value is -2.14. The molecule has 2 atom stereocenters. The van der Waals surface area contributed by atoms with Gasteiger partial charge in [0.15, 0.2) is 0 Å². The number of nitrogens with zero attached hydrogens (tertiary/aromatic N) is 1. The Labute approximate surface area is 141 Å². The standard InChI is InChI=1S/C19H23NO4/c21-18(16-6-7-17(16)19(22)23)20(12-14-4-2-1-3-5-14)13-15-8-10-24-11-9-15/h1-7,15-17H,8-13H2,(H,22,23)/t16-,17+/m0/s1. The highest BCUT2D eigenvalue weighted by Crippen LogP contribution is 2.29. The van der Waals surface area contributed by atoms with E-state index in [4.69, 9.17) is 4.74 Å². The van der Waals surface area contributed by atoms with Gasteiger partial charge < -0.3 is 14.7 Å². The van der Waals surface area contributed by atoms with Crippen LogP contribution in [0.4, 0.5) is 0 Å². The number of aliphatic carboxylic acids is 1. The maximum Gasteiger partial charge on any atom is 0.311 e. The van der Waals surface area contributed by atoms with Crippen molar-refractivity contribution in [1.82, 2.24) is 4.90 Å². The van der Waals surface area contributed by atoms with Crippen LogP contribution in [-0.4, -0.2) is 41.6 Å². The number of hydrogen-bond donors (Lipinski definition) is 1. The van der Waals surface area contributed by atoms with Crippen molar-refractivity contribution in [2.24, 2.45) is 17.8 Å². The zero-order valence-corrected chi connectivity index (χ0v) is 13.6. The van der Waals surface area contributed by atoms with E-state index in [1.807, 2.05) is 35.2 Å². The van der Waals surface area contributed by atoms with E-state index in [0.29, 0.717) is 19.0 Å². The van der Waals surface area contributed by atoms with E-state index < -0.39 is 17.8 Å². The summed E-state index contributed by atoms with van der Waals surface area (Å²) in [4.78, 5) is 26.0. The molecule has 5 nitrogen and oxygen atoms in total. The summed E-state index contributed by atoms with van der Waals surface area (Å²) >= 11 is 0. The van der Waals surface area contributed by atoms with Crippen molar-refractivity contribution in [1.29, 1.82) is 0 Å². The van der Waals surface area contributed by atoms with Gasteiger partial charge in [-0.15, -0.1) is 0 Å². The Morgan fingerprint density at radius 3 is 2.33 bits per heavy atom. The van der Waals surface area contributed by atoms with Gasteiger partial charge in [0, 0.05) is 26.3 Å². The second-order valence-corrected chi connectivity index (χ2v) is 6.53. The number of benzene rings is 1. The average molecular weight is 329 g/mol. The summed E-state index contributed by atoms with van der Waals surface area (Å²) in [5, 5.41) is 9.21. The molecular formula is C19H23NO4. The zero-order valence-electron chi connectivity index (χ0n) is 13.6. The smallest absolute Gasteiger partial charge is 0.311 e. The molecule has 0 unspecified atom stereocenters. The van der Waals surface area contributed by atoms with Gasteiger partial charge in [0.25, 0.3) is 0 Å². The first kappa shape index (κ1) is 16.7. The van der Waals surface area contributed by atoms with Crippen molar-refractivity contribution in [3.63, 3.8) is 0 Å². The quantitative estimate of drug-likeness (QED) is 0.814. The van der Waals surface area contributed by atoms with Crippen molar-refractivity contribution in [3.8, 4) is 0 Å². The molecule has 1 fully saturated rings. The second-order valence-electron chi connectivity index (χ2n) is 6.53. The van der Waals surface area contributed by atoms with Crippen molar-refractivity contribution in [2.75, 3.05) is 19.8 Å². The lowest BCUT2D eigenvalue weighted by Crippen LogP contribution is -2.45. The SMILES string of the molecule is O=C(O)[C@@H]1C=C[C@@H]1C(=O)N(Cc1ccccc1)CC1CCOCC1. The van der Waals surface area contributed by atoms with Crippen molar-refractivity contribution >= 4 is 11.9 Å². The van der Waals surface area contributed by atoms with Crippen molar-refractivity contribution in [3.05, 3.63) is 48.0 Å². The van der Waals surface area contributed by atoms with E-state index in [0.717, 1.165) is 31.6 Å². The van der Waals surface area contributed by atoms with Crippen molar-refractivity contribution < 1.29 is 19.4 Å². The highest BCUT2D eigenvalue weighted by Gasteiger charge is 2.38. The van der Waals surface area contributed by atoms with Gasteiger partial charge >= 0.3 is 5.97 Å². The molecule has 0 bridgehead atoms. The maximum absolute atomic E-state index is 12.9. The fourth-order valence-corrected chi connectivity index (χ4v) is 3.29. The molecule has 1 aliphatic carbocycles. The van der Waals surface area contributed by atoms with Crippen LogP contribution in [0.5, 0.6) is 0 Å². The first-order chi connectivity index (χ1) is 11.6. The van der Waals surface area contributed by atoms with E-state index in [1.54, 1.807) is 12.2 Å². The molecule has 1 aliphatic heterocycles. The Bertz CT molecular complexity index is 607. The van der Waals surface area contributed by atoms with Crippen LogP contribution >= 0.6 is 0 Å². The van der Waals surface area contributed by atoms with Crippen LogP contribution in [0.15, 0.2) is 42.5 Å². The van der Waals surface area contributed by atoms with Gasteiger partial charge in [0.2, 0.25) is 5.91 Å². The summed E-state index contributed by atoms with van der Waals surface area (Å²) in [6.07, 6.45) is 5.20. The molecule has 0 aromatic heterocycles. The minimum atomic E-state index is -0.929. The largest absolute Gasteiger partial charge is 0.481 e. The summed E-state index contributed by atoms with van der Waals surface area (Å²) in [6.45, 7) is 2.65. The lowest BCUT2D eigenvalue weighted by Gasteiger charge is -2.35. The second kappa shape index (κ2) is 7.62. The first-order valence-corrected chi connectivity index (χ1v) is 8.46. The molecule has 5 heteroatoms. The third-order valence-electron chi connectivity index (χ3n) is 4.83. The number of carboxylic acids is 1. The van der Waals surface area contributed by atoms with Crippen LogP contribution in [0.3, 0.4) is 0 Å². The number of hydrogen-bond acceptors (Lipinski definition) is 3. The molecule has 24 heavy (non-hydrogen) atoms. The normalized spacial score (nSPS) is 23.5. The summed E-state index contributed by atoms with van der Waals surface area (Å²) in [5.41, 5.74) is 1.06. The van der Waals surface area contributed by atoms with Crippen LogP contribution in [0, 0.1) is 17.8 Å². The molecule has 0 spiro atoms. The van der Waals surface area contributed by atoms with Crippen molar-refractivity contribution in [2.45, 2.75) is 19.4 Å². The predicted octanol–water partition coefficient (Wildman–Crippen LogP) is 2.33. The third-order valence-corrected chi connectivity index (χ3v) is 4.83. The van der Waals surface area contributed by atoms with Crippen LogP contribution in [-0.2, 0) is 20.9 Å². The highest BCUT2D eigenvalue weighted by molar-refractivity contribution is 5.89. The Morgan fingerprint density at radius 2 is 1.75 bits per heavy atom. The summed E-state index contributed by atoms with van der Waals surface area (Å²) in [6, 6.07) is 9.85. The number of amides is 1. The molecule has 1 aromatic rings. The first-order valence-electron chi connectivity index (χ1n) is 8.46. The van der Waals surface area contributed by atoms with Crippen LogP contribution in [0.1, 0.15) is 18.4 Å². The predicted molar refractivity (Wildman–Crippen MR) is 89.2 cm³/mol. The molecule has 3 rings (SSSR count). The fraction of sp³-hybridized carbons (Fsp3) is 0.474.